The summed E-state index contributed by atoms with van der Waals surface area (Å²) < 4.78 is 63.6. The number of amides is 1. The van der Waals surface area contributed by atoms with Crippen LogP contribution in [0.25, 0.3) is 0 Å². The minimum Gasteiger partial charge on any atom is -0.482 e. The van der Waals surface area contributed by atoms with Gasteiger partial charge in [0.15, 0.2) is 6.61 Å². The van der Waals surface area contributed by atoms with Crippen LogP contribution in [0.4, 0.5) is 5.69 Å². The second-order valence-electron chi connectivity index (χ2n) is 7.13. The molecule has 0 saturated carbocycles. The van der Waals surface area contributed by atoms with E-state index in [0.29, 0.717) is 24.5 Å². The zero-order chi connectivity index (χ0) is 24.2. The summed E-state index contributed by atoms with van der Waals surface area (Å²) in [4.78, 5) is 12.4. The van der Waals surface area contributed by atoms with Crippen LogP contribution in [0.1, 0.15) is 5.56 Å². The molecule has 180 valence electrons. The summed E-state index contributed by atoms with van der Waals surface area (Å²) in [6, 6.07) is 8.37. The maximum atomic E-state index is 12.7. The summed E-state index contributed by atoms with van der Waals surface area (Å²) >= 11 is 6.19. The van der Waals surface area contributed by atoms with Crippen LogP contribution in [0.2, 0.25) is 5.02 Å². The number of aryl methyl sites for hydroxylation is 1. The van der Waals surface area contributed by atoms with Crippen molar-refractivity contribution < 1.29 is 31.1 Å². The topological polar surface area (TPSA) is 131 Å². The predicted molar refractivity (Wildman–Crippen MR) is 123 cm³/mol. The van der Waals surface area contributed by atoms with E-state index in [1.807, 2.05) is 0 Å². The van der Waals surface area contributed by atoms with Gasteiger partial charge in [0.25, 0.3) is 5.91 Å². The Morgan fingerprint density at radius 1 is 1.09 bits per heavy atom. The Morgan fingerprint density at radius 3 is 2.39 bits per heavy atom. The molecular formula is C20H24ClN3O7S2. The first-order valence-electron chi connectivity index (χ1n) is 9.89. The minimum absolute atomic E-state index is 0.00642. The second kappa shape index (κ2) is 10.4. The molecule has 3 rings (SSSR count). The first-order chi connectivity index (χ1) is 15.5. The molecule has 13 heteroatoms. The zero-order valence-corrected chi connectivity index (χ0v) is 20.4. The van der Waals surface area contributed by atoms with E-state index >= 15 is 0 Å². The third-order valence-corrected chi connectivity index (χ3v) is 8.53. The van der Waals surface area contributed by atoms with Gasteiger partial charge in [-0.1, -0.05) is 17.7 Å². The summed E-state index contributed by atoms with van der Waals surface area (Å²) in [7, 11) is -6.09. The van der Waals surface area contributed by atoms with Crippen molar-refractivity contribution in [1.82, 2.24) is 9.03 Å². The lowest BCUT2D eigenvalue weighted by molar-refractivity contribution is -0.118. The summed E-state index contributed by atoms with van der Waals surface area (Å²) in [6.07, 6.45) is 0. The van der Waals surface area contributed by atoms with Crippen molar-refractivity contribution in [2.45, 2.75) is 16.7 Å². The Balaban J connectivity index is 1.67. The van der Waals surface area contributed by atoms with E-state index in [2.05, 4.69) is 10.0 Å². The molecule has 0 aliphatic carbocycles. The molecule has 0 aromatic heterocycles. The molecule has 2 N–H and O–H groups in total. The first kappa shape index (κ1) is 25.4. The number of nitrogens with zero attached hydrogens (tertiary/aromatic N) is 1. The molecule has 1 fully saturated rings. The van der Waals surface area contributed by atoms with E-state index in [-0.39, 0.29) is 33.7 Å². The monoisotopic (exact) mass is 517 g/mol. The zero-order valence-electron chi connectivity index (χ0n) is 18.0. The van der Waals surface area contributed by atoms with E-state index in [0.717, 1.165) is 0 Å². The van der Waals surface area contributed by atoms with Crippen molar-refractivity contribution in [2.24, 2.45) is 0 Å². The molecule has 1 saturated heterocycles. The van der Waals surface area contributed by atoms with Crippen molar-refractivity contribution >= 4 is 43.2 Å². The van der Waals surface area contributed by atoms with Gasteiger partial charge in [-0.3, -0.25) is 4.79 Å². The highest BCUT2D eigenvalue weighted by molar-refractivity contribution is 7.89. The van der Waals surface area contributed by atoms with Crippen LogP contribution in [-0.2, 0) is 29.6 Å². The minimum atomic E-state index is -3.72. The number of hydrogen-bond donors (Lipinski definition) is 2. The molecular weight excluding hydrogens is 494 g/mol. The fourth-order valence-electron chi connectivity index (χ4n) is 3.05. The molecule has 0 bridgehead atoms. The fourth-order valence-corrected chi connectivity index (χ4v) is 5.54. The molecule has 0 unspecified atom stereocenters. The Bertz CT molecular complexity index is 1240. The van der Waals surface area contributed by atoms with Crippen molar-refractivity contribution in [2.75, 3.05) is 45.3 Å². The van der Waals surface area contributed by atoms with E-state index in [1.54, 1.807) is 13.0 Å². The van der Waals surface area contributed by atoms with Gasteiger partial charge in [-0.2, -0.15) is 4.31 Å². The van der Waals surface area contributed by atoms with Gasteiger partial charge in [0.2, 0.25) is 20.0 Å². The lowest BCUT2D eigenvalue weighted by Gasteiger charge is -2.26. The van der Waals surface area contributed by atoms with E-state index < -0.39 is 32.6 Å². The molecule has 1 aliphatic rings. The van der Waals surface area contributed by atoms with E-state index in [9.17, 15) is 21.6 Å². The van der Waals surface area contributed by atoms with Gasteiger partial charge in [0.1, 0.15) is 5.75 Å². The highest BCUT2D eigenvalue weighted by Gasteiger charge is 2.27. The van der Waals surface area contributed by atoms with Gasteiger partial charge in [-0.05, 0) is 49.9 Å². The number of morpholine rings is 1. The van der Waals surface area contributed by atoms with Gasteiger partial charge < -0.3 is 14.8 Å². The highest BCUT2D eigenvalue weighted by Crippen LogP contribution is 2.29. The van der Waals surface area contributed by atoms with Crippen molar-refractivity contribution in [1.29, 1.82) is 0 Å². The van der Waals surface area contributed by atoms with Gasteiger partial charge in [0.05, 0.1) is 28.0 Å². The highest BCUT2D eigenvalue weighted by atomic mass is 35.5. The number of benzene rings is 2. The lowest BCUT2D eigenvalue weighted by Crippen LogP contribution is -2.40. The van der Waals surface area contributed by atoms with Crippen molar-refractivity contribution in [3.8, 4) is 5.75 Å². The number of halogens is 1. The number of rotatable bonds is 8. The number of nitrogens with one attached hydrogen (secondary N) is 2. The average molecular weight is 518 g/mol. The van der Waals surface area contributed by atoms with Gasteiger partial charge in [0, 0.05) is 18.8 Å². The lowest BCUT2D eigenvalue weighted by atomic mass is 10.2. The van der Waals surface area contributed by atoms with Crippen LogP contribution in [0.5, 0.6) is 5.75 Å². The SMILES string of the molecule is CNS(=O)(=O)c1ccc(C)c(NC(=O)COc2ccc(S(=O)(=O)N3CCOCC3)cc2Cl)c1. The van der Waals surface area contributed by atoms with Crippen LogP contribution in [0, 0.1) is 6.92 Å². The molecule has 1 amide bonds. The third kappa shape index (κ3) is 6.02. The largest absolute Gasteiger partial charge is 0.482 e. The van der Waals surface area contributed by atoms with Crippen LogP contribution in [-0.4, -0.2) is 67.0 Å². The normalized spacial score (nSPS) is 15.2. The molecule has 33 heavy (non-hydrogen) atoms. The molecule has 2 aromatic rings. The smallest absolute Gasteiger partial charge is 0.262 e. The molecule has 10 nitrogen and oxygen atoms in total. The molecule has 1 aliphatic heterocycles. The Hall–Kier alpha value is -2.22. The number of carbonyl (C=O) groups is 1. The Kier molecular flexibility index (Phi) is 7.98. The van der Waals surface area contributed by atoms with Crippen molar-refractivity contribution in [3.05, 3.63) is 47.0 Å². The molecule has 1 heterocycles. The van der Waals surface area contributed by atoms with Crippen LogP contribution < -0.4 is 14.8 Å². The van der Waals surface area contributed by atoms with Gasteiger partial charge >= 0.3 is 0 Å². The average Bonchev–Trinajstić information content (AvgIpc) is 2.80. The van der Waals surface area contributed by atoms with E-state index in [1.165, 1.54) is 41.7 Å². The van der Waals surface area contributed by atoms with Crippen LogP contribution in [0.15, 0.2) is 46.2 Å². The van der Waals surface area contributed by atoms with E-state index in [4.69, 9.17) is 21.1 Å². The number of carbonyl (C=O) groups excluding carboxylic acids is 1. The van der Waals surface area contributed by atoms with Crippen molar-refractivity contribution in [3.63, 3.8) is 0 Å². The van der Waals surface area contributed by atoms with Crippen LogP contribution >= 0.6 is 11.6 Å². The molecule has 0 spiro atoms. The third-order valence-electron chi connectivity index (χ3n) is 4.93. The summed E-state index contributed by atoms with van der Waals surface area (Å²) in [5, 5.41) is 2.64. The first-order valence-corrected chi connectivity index (χ1v) is 13.2. The summed E-state index contributed by atoms with van der Waals surface area (Å²) in [6.45, 7) is 2.47. The maximum Gasteiger partial charge on any atom is 0.262 e. The van der Waals surface area contributed by atoms with Gasteiger partial charge in [-0.25, -0.2) is 21.6 Å². The summed E-state index contributed by atoms with van der Waals surface area (Å²) in [5.74, 6) is -0.408. The fraction of sp³-hybridized carbons (Fsp3) is 0.350. The maximum absolute atomic E-state index is 12.7. The molecule has 0 radical (unpaired) electrons. The number of anilines is 1. The Morgan fingerprint density at radius 2 is 1.76 bits per heavy atom. The molecule has 2 aromatic carbocycles. The quantitative estimate of drug-likeness (QED) is 0.543. The summed E-state index contributed by atoms with van der Waals surface area (Å²) in [5.41, 5.74) is 0.979. The number of sulfonamides is 2. The van der Waals surface area contributed by atoms with Crippen LogP contribution in [0.3, 0.4) is 0 Å². The number of ether oxygens (including phenoxy) is 2. The predicted octanol–water partition coefficient (Wildman–Crippen LogP) is 1.59. The number of hydrogen-bond acceptors (Lipinski definition) is 7. The van der Waals surface area contributed by atoms with Gasteiger partial charge in [-0.15, -0.1) is 0 Å². The Labute approximate surface area is 197 Å². The second-order valence-corrected chi connectivity index (χ2v) is 11.4. The molecule has 0 atom stereocenters. The standard InChI is InChI=1S/C20H24ClN3O7S2/c1-14-3-4-15(32(26,27)22-2)12-18(14)23-20(25)13-31-19-6-5-16(11-17(19)21)33(28,29)24-7-9-30-10-8-24/h3-6,11-12,22H,7-10,13H2,1-2H3,(H,23,25).